The molecule has 22 heavy (non-hydrogen) atoms. The van der Waals surface area contributed by atoms with Gasteiger partial charge < -0.3 is 15.4 Å². The lowest BCUT2D eigenvalue weighted by Crippen LogP contribution is -2.37. The minimum Gasteiger partial charge on any atom is -0.373 e. The van der Waals surface area contributed by atoms with E-state index in [1.165, 1.54) is 24.0 Å². The normalized spacial score (nSPS) is 18.1. The molecule has 1 atom stereocenters. The van der Waals surface area contributed by atoms with Gasteiger partial charge in [-0.2, -0.15) is 0 Å². The van der Waals surface area contributed by atoms with E-state index < -0.39 is 0 Å². The van der Waals surface area contributed by atoms with Crippen molar-refractivity contribution in [3.05, 3.63) is 35.4 Å². The van der Waals surface area contributed by atoms with Crippen LogP contribution in [0.5, 0.6) is 0 Å². The molecule has 2 N–H and O–H groups in total. The topological polar surface area (TPSA) is 50.8 Å². The van der Waals surface area contributed by atoms with Gasteiger partial charge in [0.15, 0.2) is 5.96 Å². The summed E-state index contributed by atoms with van der Waals surface area (Å²) in [6.07, 6.45) is 4.70. The lowest BCUT2D eigenvalue weighted by atomic mass is 9.89. The summed E-state index contributed by atoms with van der Waals surface area (Å²) in [7, 11) is 0. The van der Waals surface area contributed by atoms with Gasteiger partial charge in [-0.05, 0) is 50.7 Å². The molecule has 2 rings (SSSR count). The van der Waals surface area contributed by atoms with Gasteiger partial charge in [0.1, 0.15) is 0 Å². The van der Waals surface area contributed by atoms with Crippen LogP contribution < -0.4 is 5.73 Å². The second kappa shape index (κ2) is 8.79. The first-order chi connectivity index (χ1) is 10.8. The maximum absolute atomic E-state index is 6.08. The molecule has 0 saturated carbocycles. The van der Waals surface area contributed by atoms with E-state index in [2.05, 4.69) is 48.0 Å². The Hall–Kier alpha value is -1.55. The SMILES string of the molecule is CCN(CC)C(N)=NCCCOC1CCCc2ccccc21. The summed E-state index contributed by atoms with van der Waals surface area (Å²) < 4.78 is 6.08. The maximum atomic E-state index is 6.08. The van der Waals surface area contributed by atoms with Gasteiger partial charge in [-0.1, -0.05) is 24.3 Å². The monoisotopic (exact) mass is 303 g/mol. The minimum absolute atomic E-state index is 0.258. The Balaban J connectivity index is 1.75. The van der Waals surface area contributed by atoms with Crippen molar-refractivity contribution in [2.24, 2.45) is 10.7 Å². The fourth-order valence-electron chi connectivity index (χ4n) is 3.01. The highest BCUT2D eigenvalue weighted by molar-refractivity contribution is 5.77. The van der Waals surface area contributed by atoms with Crippen LogP contribution in [0.15, 0.2) is 29.3 Å². The number of aryl methyl sites for hydroxylation is 1. The van der Waals surface area contributed by atoms with Gasteiger partial charge in [0.25, 0.3) is 0 Å². The zero-order valence-corrected chi connectivity index (χ0v) is 13.9. The van der Waals surface area contributed by atoms with Gasteiger partial charge in [0, 0.05) is 26.2 Å². The molecule has 0 saturated heterocycles. The van der Waals surface area contributed by atoms with Gasteiger partial charge in [0.05, 0.1) is 6.10 Å². The summed E-state index contributed by atoms with van der Waals surface area (Å²) in [5.41, 5.74) is 8.78. The van der Waals surface area contributed by atoms with Crippen LogP contribution in [0, 0.1) is 0 Å². The third-order valence-corrected chi connectivity index (χ3v) is 4.30. The first-order valence-electron chi connectivity index (χ1n) is 8.50. The molecule has 1 aliphatic rings. The van der Waals surface area contributed by atoms with Gasteiger partial charge >= 0.3 is 0 Å². The Labute approximate surface area is 134 Å². The van der Waals surface area contributed by atoms with Crippen molar-refractivity contribution in [2.45, 2.75) is 45.6 Å². The number of fused-ring (bicyclic) bond motifs is 1. The lowest BCUT2D eigenvalue weighted by molar-refractivity contribution is 0.0402. The van der Waals surface area contributed by atoms with Gasteiger partial charge in [-0.3, -0.25) is 4.99 Å². The van der Waals surface area contributed by atoms with Gasteiger partial charge in [0.2, 0.25) is 0 Å². The van der Waals surface area contributed by atoms with Crippen molar-refractivity contribution < 1.29 is 4.74 Å². The molecule has 0 heterocycles. The zero-order valence-electron chi connectivity index (χ0n) is 13.9. The molecule has 0 aliphatic heterocycles. The highest BCUT2D eigenvalue weighted by atomic mass is 16.5. The van der Waals surface area contributed by atoms with Gasteiger partial charge in [-0.15, -0.1) is 0 Å². The van der Waals surface area contributed by atoms with Crippen LogP contribution in [0.3, 0.4) is 0 Å². The largest absolute Gasteiger partial charge is 0.373 e. The van der Waals surface area contributed by atoms with Crippen LogP contribution in [-0.4, -0.2) is 37.1 Å². The number of rotatable bonds is 7. The predicted octanol–water partition coefficient (Wildman–Crippen LogP) is 3.13. The summed E-state index contributed by atoms with van der Waals surface area (Å²) >= 11 is 0. The van der Waals surface area contributed by atoms with E-state index >= 15 is 0 Å². The highest BCUT2D eigenvalue weighted by Gasteiger charge is 2.19. The molecule has 1 aliphatic carbocycles. The average Bonchev–Trinajstić information content (AvgIpc) is 2.56. The smallest absolute Gasteiger partial charge is 0.191 e. The second-order valence-corrected chi connectivity index (χ2v) is 5.72. The van der Waals surface area contributed by atoms with Gasteiger partial charge in [-0.25, -0.2) is 0 Å². The Morgan fingerprint density at radius 1 is 1.32 bits per heavy atom. The van der Waals surface area contributed by atoms with Crippen LogP contribution in [-0.2, 0) is 11.2 Å². The van der Waals surface area contributed by atoms with Crippen LogP contribution in [0.2, 0.25) is 0 Å². The number of hydrogen-bond donors (Lipinski definition) is 1. The number of ether oxygens (including phenoxy) is 1. The summed E-state index contributed by atoms with van der Waals surface area (Å²) in [4.78, 5) is 6.50. The third kappa shape index (κ3) is 4.47. The number of hydrogen-bond acceptors (Lipinski definition) is 2. The van der Waals surface area contributed by atoms with Crippen molar-refractivity contribution in [1.29, 1.82) is 0 Å². The molecule has 1 unspecified atom stereocenters. The molecule has 0 fully saturated rings. The minimum atomic E-state index is 0.258. The summed E-state index contributed by atoms with van der Waals surface area (Å²) in [5.74, 6) is 0.646. The van der Waals surface area contributed by atoms with Crippen molar-refractivity contribution in [1.82, 2.24) is 4.90 Å². The molecule has 0 amide bonds. The summed E-state index contributed by atoms with van der Waals surface area (Å²) in [5, 5.41) is 0. The molecule has 0 bridgehead atoms. The number of benzene rings is 1. The molecule has 0 radical (unpaired) electrons. The number of guanidine groups is 1. The molecule has 1 aromatic rings. The first-order valence-corrected chi connectivity index (χ1v) is 8.50. The quantitative estimate of drug-likeness (QED) is 0.478. The Morgan fingerprint density at radius 3 is 2.86 bits per heavy atom. The highest BCUT2D eigenvalue weighted by Crippen LogP contribution is 2.32. The summed E-state index contributed by atoms with van der Waals surface area (Å²) in [6, 6.07) is 8.65. The van der Waals surface area contributed by atoms with Crippen molar-refractivity contribution >= 4 is 5.96 Å². The van der Waals surface area contributed by atoms with Crippen LogP contribution in [0.4, 0.5) is 0 Å². The zero-order chi connectivity index (χ0) is 15.8. The van der Waals surface area contributed by atoms with Crippen molar-refractivity contribution in [3.63, 3.8) is 0 Å². The standard InChI is InChI=1S/C18H29N3O/c1-3-21(4-2)18(19)20-13-8-14-22-17-12-7-10-15-9-5-6-11-16(15)17/h5-6,9,11,17H,3-4,7-8,10,12-14H2,1-2H3,(H2,19,20). The van der Waals surface area contributed by atoms with E-state index in [0.717, 1.165) is 39.1 Å². The van der Waals surface area contributed by atoms with E-state index in [4.69, 9.17) is 10.5 Å². The van der Waals surface area contributed by atoms with E-state index in [0.29, 0.717) is 5.96 Å². The number of nitrogens with zero attached hydrogens (tertiary/aromatic N) is 2. The molecule has 4 heteroatoms. The number of nitrogens with two attached hydrogens (primary N) is 1. The van der Waals surface area contributed by atoms with Crippen LogP contribution >= 0.6 is 0 Å². The molecular weight excluding hydrogens is 274 g/mol. The van der Waals surface area contributed by atoms with Crippen LogP contribution in [0.25, 0.3) is 0 Å². The Kier molecular flexibility index (Phi) is 6.72. The third-order valence-electron chi connectivity index (χ3n) is 4.30. The van der Waals surface area contributed by atoms with Crippen molar-refractivity contribution in [3.8, 4) is 0 Å². The second-order valence-electron chi connectivity index (χ2n) is 5.72. The van der Waals surface area contributed by atoms with Crippen LogP contribution in [0.1, 0.15) is 50.3 Å². The van der Waals surface area contributed by atoms with Crippen molar-refractivity contribution in [2.75, 3.05) is 26.2 Å². The fourth-order valence-corrected chi connectivity index (χ4v) is 3.01. The Bertz CT molecular complexity index is 483. The predicted molar refractivity (Wildman–Crippen MR) is 92.1 cm³/mol. The van der Waals surface area contributed by atoms with E-state index in [-0.39, 0.29) is 6.10 Å². The molecule has 122 valence electrons. The maximum Gasteiger partial charge on any atom is 0.191 e. The summed E-state index contributed by atoms with van der Waals surface area (Å²) in [6.45, 7) is 7.47. The molecule has 0 spiro atoms. The Morgan fingerprint density at radius 2 is 2.09 bits per heavy atom. The molecule has 4 nitrogen and oxygen atoms in total. The lowest BCUT2D eigenvalue weighted by Gasteiger charge is -2.25. The number of aliphatic imine (C=N–C) groups is 1. The molecule has 0 aromatic heterocycles. The first kappa shape index (κ1) is 16.8. The van der Waals surface area contributed by atoms with E-state index in [9.17, 15) is 0 Å². The van der Waals surface area contributed by atoms with E-state index in [1.54, 1.807) is 0 Å². The average molecular weight is 303 g/mol. The fraction of sp³-hybridized carbons (Fsp3) is 0.611. The van der Waals surface area contributed by atoms with E-state index in [1.807, 2.05) is 0 Å². The molecule has 1 aromatic carbocycles. The molecular formula is C18H29N3O.